The number of aryl methyl sites for hydroxylation is 2. The summed E-state index contributed by atoms with van der Waals surface area (Å²) in [5, 5.41) is 0. The van der Waals surface area contributed by atoms with Crippen LogP contribution in [0.3, 0.4) is 0 Å². The molecule has 0 saturated carbocycles. The highest BCUT2D eigenvalue weighted by Crippen LogP contribution is 2.16. The molecule has 0 atom stereocenters. The van der Waals surface area contributed by atoms with Crippen molar-refractivity contribution in [3.63, 3.8) is 0 Å². The van der Waals surface area contributed by atoms with E-state index in [9.17, 15) is 0 Å². The molecule has 0 unspecified atom stereocenters. The molecule has 0 radical (unpaired) electrons. The van der Waals surface area contributed by atoms with Gasteiger partial charge in [-0.15, -0.1) is 0 Å². The normalized spacial score (nSPS) is 11.5. The second kappa shape index (κ2) is 16.2. The lowest BCUT2D eigenvalue weighted by molar-refractivity contribution is -0.654. The van der Waals surface area contributed by atoms with E-state index in [-0.39, 0.29) is 0 Å². The lowest BCUT2D eigenvalue weighted by atomic mass is 10.0. The molecule has 0 bridgehead atoms. The third-order valence-corrected chi connectivity index (χ3v) is 6.13. The Kier molecular flexibility index (Phi) is 14.5. The second-order valence-electron chi connectivity index (χ2n) is 8.80. The first-order valence-corrected chi connectivity index (χ1v) is 13.7. The van der Waals surface area contributed by atoms with Gasteiger partial charge >= 0.3 is 0 Å². The summed E-state index contributed by atoms with van der Waals surface area (Å²) in [7, 11) is -0.497. The number of imidazole rings is 1. The van der Waals surface area contributed by atoms with Crippen LogP contribution in [0, 0.1) is 0 Å². The van der Waals surface area contributed by atoms with E-state index in [1.807, 2.05) is 0 Å². The fourth-order valence-electron chi connectivity index (χ4n) is 4.35. The minimum Gasteiger partial charge on any atom is -0.726 e. The predicted molar refractivity (Wildman–Crippen MR) is 130 cm³/mol. The second-order valence-corrected chi connectivity index (χ2v) is 9.65. The van der Waals surface area contributed by atoms with Crippen molar-refractivity contribution in [3.8, 4) is 0 Å². The molecule has 1 N–H and O–H groups in total. The Morgan fingerprint density at radius 2 is 1.25 bits per heavy atom. The Morgan fingerprint density at radius 3 is 1.69 bits per heavy atom. The van der Waals surface area contributed by atoms with Crippen molar-refractivity contribution in [2.45, 2.75) is 103 Å². The third-order valence-electron chi connectivity index (χ3n) is 6.13. The molecule has 6 nitrogen and oxygen atoms in total. The van der Waals surface area contributed by atoms with Crippen LogP contribution in [0.4, 0.5) is 0 Å². The van der Waals surface area contributed by atoms with E-state index in [0.717, 1.165) is 0 Å². The topological polar surface area (TPSA) is 86.2 Å². The zero-order valence-corrected chi connectivity index (χ0v) is 21.2. The van der Waals surface area contributed by atoms with Gasteiger partial charge in [-0.25, -0.2) is 17.6 Å². The summed E-state index contributed by atoms with van der Waals surface area (Å²) in [6.07, 6.45) is 21.2. The quantitative estimate of drug-likeness (QED) is 0.150. The average molecular weight is 469 g/mol. The Bertz CT molecular complexity index is 815. The van der Waals surface area contributed by atoms with Gasteiger partial charge in [0.2, 0.25) is 10.4 Å². The molecule has 0 aliphatic carbocycles. The summed E-state index contributed by atoms with van der Waals surface area (Å²) in [6.45, 7) is 2.30. The van der Waals surface area contributed by atoms with Crippen LogP contribution >= 0.6 is 0 Å². The van der Waals surface area contributed by atoms with Crippen LogP contribution in [-0.2, 0) is 30.9 Å². The van der Waals surface area contributed by atoms with Gasteiger partial charge in [-0.3, -0.25) is 4.55 Å². The van der Waals surface area contributed by atoms with Crippen molar-refractivity contribution in [2.24, 2.45) is 14.1 Å². The van der Waals surface area contributed by atoms with Crippen LogP contribution in [-0.4, -0.2) is 22.1 Å². The molecule has 7 heteroatoms. The average Bonchev–Trinajstić information content (AvgIpc) is 2.98. The standard InChI is InChI=1S/C25H43N2.H2O4S/c1-4-5-6-7-8-9-10-11-12-13-14-15-16-17-22-25-26(2)23-20-18-19-21-24(23)27(25)3;1-5(2,3)4/h18-21H,4-17,22H2,1-3H3;(H2,1,2,3,4)/q+1;/p-1. The molecule has 1 aromatic heterocycles. The number of rotatable bonds is 15. The van der Waals surface area contributed by atoms with E-state index in [0.29, 0.717) is 0 Å². The van der Waals surface area contributed by atoms with Crippen molar-refractivity contribution in [2.75, 3.05) is 0 Å². The summed E-state index contributed by atoms with van der Waals surface area (Å²) in [4.78, 5) is 0. The lowest BCUT2D eigenvalue weighted by Gasteiger charge is -2.03. The first-order chi connectivity index (χ1) is 15.3. The largest absolute Gasteiger partial charge is 0.726 e. The van der Waals surface area contributed by atoms with Crippen LogP contribution in [0.2, 0.25) is 0 Å². The lowest BCUT2D eigenvalue weighted by Crippen LogP contribution is -2.32. The van der Waals surface area contributed by atoms with Gasteiger partial charge in [0.1, 0.15) is 0 Å². The molecule has 1 heterocycles. The highest BCUT2D eigenvalue weighted by molar-refractivity contribution is 7.79. The molecule has 0 saturated heterocycles. The number of hydrogen-bond donors (Lipinski definition) is 1. The molecule has 32 heavy (non-hydrogen) atoms. The third kappa shape index (κ3) is 12.6. The van der Waals surface area contributed by atoms with E-state index >= 15 is 0 Å². The number of nitrogens with zero attached hydrogens (tertiary/aromatic N) is 2. The van der Waals surface area contributed by atoms with E-state index in [2.05, 4.69) is 54.4 Å². The summed E-state index contributed by atoms with van der Waals surface area (Å²) in [5.74, 6) is 1.45. The van der Waals surface area contributed by atoms with Crippen LogP contribution in [0.5, 0.6) is 0 Å². The van der Waals surface area contributed by atoms with Crippen molar-refractivity contribution in [3.05, 3.63) is 30.1 Å². The summed E-state index contributed by atoms with van der Waals surface area (Å²) < 4.78 is 37.6. The van der Waals surface area contributed by atoms with Gasteiger partial charge in [0, 0.05) is 6.42 Å². The number of aromatic nitrogens is 2. The molecule has 2 rings (SSSR count). The maximum Gasteiger partial charge on any atom is 0.256 e. The number of para-hydroxylation sites is 2. The van der Waals surface area contributed by atoms with Gasteiger partial charge in [0.05, 0.1) is 14.1 Å². The van der Waals surface area contributed by atoms with Gasteiger partial charge in [0.25, 0.3) is 5.82 Å². The van der Waals surface area contributed by atoms with Crippen molar-refractivity contribution < 1.29 is 22.1 Å². The molecule has 2 aromatic rings. The Labute approximate surface area is 195 Å². The van der Waals surface area contributed by atoms with Crippen LogP contribution in [0.1, 0.15) is 103 Å². The highest BCUT2D eigenvalue weighted by Gasteiger charge is 2.18. The minimum atomic E-state index is -4.92. The molecule has 1 aromatic carbocycles. The summed E-state index contributed by atoms with van der Waals surface area (Å²) in [6, 6.07) is 8.73. The Balaban J connectivity index is 0.000000920. The zero-order valence-electron chi connectivity index (χ0n) is 20.4. The number of unbranched alkanes of at least 4 members (excludes halogenated alkanes) is 13. The predicted octanol–water partition coefficient (Wildman–Crippen LogP) is 6.03. The first kappa shape index (κ1) is 28.6. The molecule has 0 aliphatic heterocycles. The van der Waals surface area contributed by atoms with Gasteiger partial charge in [0.15, 0.2) is 11.0 Å². The molecule has 0 aliphatic rings. The van der Waals surface area contributed by atoms with E-state index in [1.165, 1.54) is 113 Å². The SMILES string of the molecule is CCCCCCCCCCCCCCCCc1n(C)c2ccccc2[n+]1C.O=S(=O)([O-])O. The van der Waals surface area contributed by atoms with Gasteiger partial charge < -0.3 is 4.55 Å². The summed E-state index contributed by atoms with van der Waals surface area (Å²) in [5.41, 5.74) is 2.70. The molecular formula is C25H44N2O4S. The van der Waals surface area contributed by atoms with Crippen LogP contribution in [0.25, 0.3) is 11.0 Å². The molecule has 0 spiro atoms. The van der Waals surface area contributed by atoms with Crippen molar-refractivity contribution in [1.82, 2.24) is 4.57 Å². The van der Waals surface area contributed by atoms with Gasteiger partial charge in [-0.2, -0.15) is 0 Å². The van der Waals surface area contributed by atoms with Crippen LogP contribution in [0.15, 0.2) is 24.3 Å². The van der Waals surface area contributed by atoms with Gasteiger partial charge in [-0.05, 0) is 18.6 Å². The number of benzene rings is 1. The maximum absolute atomic E-state index is 8.63. The fraction of sp³-hybridized carbons (Fsp3) is 0.720. The van der Waals surface area contributed by atoms with Gasteiger partial charge in [-0.1, -0.05) is 103 Å². The first-order valence-electron chi connectivity index (χ1n) is 12.4. The van der Waals surface area contributed by atoms with E-state index < -0.39 is 10.4 Å². The van der Waals surface area contributed by atoms with E-state index in [4.69, 9.17) is 17.5 Å². The monoisotopic (exact) mass is 468 g/mol. The molecule has 184 valence electrons. The Morgan fingerprint density at radius 1 is 0.844 bits per heavy atom. The number of hydrogen-bond acceptors (Lipinski definition) is 3. The maximum atomic E-state index is 8.63. The van der Waals surface area contributed by atoms with Crippen molar-refractivity contribution in [1.29, 1.82) is 0 Å². The van der Waals surface area contributed by atoms with E-state index in [1.54, 1.807) is 0 Å². The smallest absolute Gasteiger partial charge is 0.256 e. The fourth-order valence-corrected chi connectivity index (χ4v) is 4.35. The summed E-state index contributed by atoms with van der Waals surface area (Å²) >= 11 is 0. The molecule has 0 fully saturated rings. The van der Waals surface area contributed by atoms with Crippen molar-refractivity contribution >= 4 is 21.4 Å². The highest BCUT2D eigenvalue weighted by atomic mass is 32.3. The molecular weight excluding hydrogens is 424 g/mol. The zero-order chi connectivity index (χ0) is 23.8. The Hall–Kier alpha value is -1.44. The van der Waals surface area contributed by atoms with Crippen LogP contribution < -0.4 is 4.57 Å². The molecule has 0 amide bonds. The number of fused-ring (bicyclic) bond motifs is 1. The minimum absolute atomic E-state index is 1.19.